The number of anilines is 1. The number of urea groups is 1. The number of carbonyl (C=O) groups is 3. The molecular weight excluding hydrogens is 500 g/mol. The minimum atomic E-state index is -1.03. The van der Waals surface area contributed by atoms with Crippen molar-refractivity contribution in [2.75, 3.05) is 25.6 Å². The molecule has 4 rings (SSSR count). The fraction of sp³-hybridized carbons (Fsp3) is 0.276. The molecule has 0 spiro atoms. The fourth-order valence-corrected chi connectivity index (χ4v) is 4.54. The number of carbonyl (C=O) groups excluding carboxylic acids is 2. The van der Waals surface area contributed by atoms with E-state index in [4.69, 9.17) is 20.3 Å². The molecule has 1 aliphatic heterocycles. The molecule has 3 amide bonds. The van der Waals surface area contributed by atoms with Crippen molar-refractivity contribution < 1.29 is 29.0 Å². The van der Waals surface area contributed by atoms with Crippen LogP contribution in [-0.4, -0.2) is 60.3 Å². The number of amides is 3. The number of methoxy groups -OCH3 is 1. The minimum Gasteiger partial charge on any atom is -0.497 e. The second-order valence-electron chi connectivity index (χ2n) is 9.40. The first-order chi connectivity index (χ1) is 18.7. The molecule has 39 heavy (non-hydrogen) atoms. The first-order valence-electron chi connectivity index (χ1n) is 12.5. The number of ether oxygens (including phenoxy) is 2. The van der Waals surface area contributed by atoms with Crippen LogP contribution in [0.15, 0.2) is 72.8 Å². The number of likely N-dealkylation sites (tertiary alicyclic amines) is 1. The standard InChI is InChI=1S/C29H32N4O6/c1-18-6-3-4-9-25(18)31-29(37)32-26(20-7-5-8-24(14-20)38-2)27(34)33-16-21(30)15-22(33)17-39-23-12-10-19(11-13-23)28(35)36/h3-14,21-22,26H,15-17,30H2,1-2H3,(H,35,36)(H2,31,32,37)/t21-,22+,26?/m1/s1. The van der Waals surface area contributed by atoms with Crippen molar-refractivity contribution in [1.82, 2.24) is 10.2 Å². The van der Waals surface area contributed by atoms with Gasteiger partial charge in [0.25, 0.3) is 0 Å². The summed E-state index contributed by atoms with van der Waals surface area (Å²) in [5.74, 6) is -0.323. The third-order valence-corrected chi connectivity index (χ3v) is 6.62. The lowest BCUT2D eigenvalue weighted by atomic mass is 10.0. The fourth-order valence-electron chi connectivity index (χ4n) is 4.54. The van der Waals surface area contributed by atoms with Gasteiger partial charge >= 0.3 is 12.0 Å². The molecule has 0 saturated carbocycles. The first-order valence-corrected chi connectivity index (χ1v) is 12.5. The Hall–Kier alpha value is -4.57. The van der Waals surface area contributed by atoms with Crippen LogP contribution in [0.5, 0.6) is 11.5 Å². The molecule has 3 aromatic carbocycles. The van der Waals surface area contributed by atoms with Crippen molar-refractivity contribution >= 4 is 23.6 Å². The lowest BCUT2D eigenvalue weighted by Crippen LogP contribution is -2.47. The molecule has 0 bridgehead atoms. The van der Waals surface area contributed by atoms with Gasteiger partial charge < -0.3 is 35.8 Å². The molecule has 1 unspecified atom stereocenters. The van der Waals surface area contributed by atoms with Crippen LogP contribution in [0.4, 0.5) is 10.5 Å². The number of nitrogens with two attached hydrogens (primary N) is 1. The van der Waals surface area contributed by atoms with E-state index in [0.29, 0.717) is 35.7 Å². The summed E-state index contributed by atoms with van der Waals surface area (Å²) in [6.45, 7) is 2.34. The quantitative estimate of drug-likeness (QED) is 0.330. The number of nitrogens with one attached hydrogen (secondary N) is 2. The number of hydrogen-bond donors (Lipinski definition) is 4. The van der Waals surface area contributed by atoms with Crippen LogP contribution in [0.2, 0.25) is 0 Å². The highest BCUT2D eigenvalue weighted by atomic mass is 16.5. The zero-order valence-electron chi connectivity index (χ0n) is 21.8. The molecule has 0 aromatic heterocycles. The summed E-state index contributed by atoms with van der Waals surface area (Å²) in [6, 6.07) is 18.3. The second kappa shape index (κ2) is 12.3. The van der Waals surface area contributed by atoms with Crippen LogP contribution in [0.1, 0.15) is 33.9 Å². The average Bonchev–Trinajstić information content (AvgIpc) is 3.32. The highest BCUT2D eigenvalue weighted by Crippen LogP contribution is 2.27. The predicted octanol–water partition coefficient (Wildman–Crippen LogP) is 3.57. The van der Waals surface area contributed by atoms with E-state index in [-0.39, 0.29) is 30.2 Å². The Bertz CT molecular complexity index is 1330. The number of aromatic carboxylic acids is 1. The third-order valence-electron chi connectivity index (χ3n) is 6.62. The maximum atomic E-state index is 14.0. The van der Waals surface area contributed by atoms with Crippen molar-refractivity contribution in [2.45, 2.75) is 31.5 Å². The molecule has 0 radical (unpaired) electrons. The normalized spacial score (nSPS) is 17.3. The van der Waals surface area contributed by atoms with Gasteiger partial charge in [0, 0.05) is 18.3 Å². The monoisotopic (exact) mass is 532 g/mol. The van der Waals surface area contributed by atoms with Crippen molar-refractivity contribution in [1.29, 1.82) is 0 Å². The zero-order valence-corrected chi connectivity index (χ0v) is 21.8. The number of hydrogen-bond acceptors (Lipinski definition) is 6. The molecule has 10 nitrogen and oxygen atoms in total. The summed E-state index contributed by atoms with van der Waals surface area (Å²) in [6.07, 6.45) is 0.513. The number of carboxylic acids is 1. The molecule has 3 aromatic rings. The van der Waals surface area contributed by atoms with E-state index in [0.717, 1.165) is 5.56 Å². The van der Waals surface area contributed by atoms with Gasteiger partial charge in [0.15, 0.2) is 0 Å². The molecule has 5 N–H and O–H groups in total. The molecule has 204 valence electrons. The van der Waals surface area contributed by atoms with Gasteiger partial charge in [0.2, 0.25) is 5.91 Å². The summed E-state index contributed by atoms with van der Waals surface area (Å²) < 4.78 is 11.2. The van der Waals surface area contributed by atoms with E-state index in [9.17, 15) is 14.4 Å². The molecular formula is C29H32N4O6. The molecule has 1 heterocycles. The van der Waals surface area contributed by atoms with Crippen molar-refractivity contribution in [2.24, 2.45) is 5.73 Å². The molecule has 3 atom stereocenters. The second-order valence-corrected chi connectivity index (χ2v) is 9.40. The summed E-state index contributed by atoms with van der Waals surface area (Å²) >= 11 is 0. The Morgan fingerprint density at radius 3 is 2.49 bits per heavy atom. The van der Waals surface area contributed by atoms with E-state index in [1.807, 2.05) is 25.1 Å². The van der Waals surface area contributed by atoms with Gasteiger partial charge in [-0.25, -0.2) is 9.59 Å². The van der Waals surface area contributed by atoms with Crippen LogP contribution in [0, 0.1) is 6.92 Å². The van der Waals surface area contributed by atoms with Gasteiger partial charge in [-0.1, -0.05) is 30.3 Å². The largest absolute Gasteiger partial charge is 0.497 e. The Balaban J connectivity index is 1.53. The summed E-state index contributed by atoms with van der Waals surface area (Å²) in [5.41, 5.74) is 8.48. The highest BCUT2D eigenvalue weighted by Gasteiger charge is 2.38. The van der Waals surface area contributed by atoms with Gasteiger partial charge in [-0.3, -0.25) is 4.79 Å². The smallest absolute Gasteiger partial charge is 0.335 e. The van der Waals surface area contributed by atoms with Gasteiger partial charge in [-0.05, 0) is 66.9 Å². The number of nitrogens with zero attached hydrogens (tertiary/aromatic N) is 1. The van der Waals surface area contributed by atoms with Crippen molar-refractivity contribution in [3.63, 3.8) is 0 Å². The Kier molecular flexibility index (Phi) is 8.67. The van der Waals surface area contributed by atoms with Crippen LogP contribution >= 0.6 is 0 Å². The van der Waals surface area contributed by atoms with Gasteiger partial charge in [-0.15, -0.1) is 0 Å². The van der Waals surface area contributed by atoms with Crippen molar-refractivity contribution in [3.05, 3.63) is 89.5 Å². The SMILES string of the molecule is COc1cccc(C(NC(=O)Nc2ccccc2C)C(=O)N2C[C@H](N)C[C@H]2COc2ccc(C(=O)O)cc2)c1. The van der Waals surface area contributed by atoms with Crippen molar-refractivity contribution in [3.8, 4) is 11.5 Å². The Morgan fingerprint density at radius 2 is 1.79 bits per heavy atom. The minimum absolute atomic E-state index is 0.151. The lowest BCUT2D eigenvalue weighted by molar-refractivity contribution is -0.134. The molecule has 1 fully saturated rings. The number of para-hydroxylation sites is 1. The summed E-state index contributed by atoms with van der Waals surface area (Å²) in [7, 11) is 1.53. The summed E-state index contributed by atoms with van der Waals surface area (Å²) in [5, 5.41) is 14.7. The number of benzene rings is 3. The van der Waals surface area contributed by atoms with E-state index in [1.54, 1.807) is 47.4 Å². The van der Waals surface area contributed by atoms with Gasteiger partial charge in [-0.2, -0.15) is 0 Å². The van der Waals surface area contributed by atoms with E-state index in [1.165, 1.54) is 19.2 Å². The highest BCUT2D eigenvalue weighted by molar-refractivity contribution is 5.95. The number of carboxylic acid groups (broad SMARTS) is 1. The van der Waals surface area contributed by atoms with E-state index >= 15 is 0 Å². The lowest BCUT2D eigenvalue weighted by Gasteiger charge is -2.29. The molecule has 1 aliphatic rings. The van der Waals surface area contributed by atoms with Crippen LogP contribution in [-0.2, 0) is 4.79 Å². The maximum absolute atomic E-state index is 14.0. The van der Waals surface area contributed by atoms with E-state index in [2.05, 4.69) is 10.6 Å². The first kappa shape index (κ1) is 27.5. The van der Waals surface area contributed by atoms with Crippen LogP contribution in [0.25, 0.3) is 0 Å². The average molecular weight is 533 g/mol. The molecule has 0 aliphatic carbocycles. The Morgan fingerprint density at radius 1 is 1.05 bits per heavy atom. The van der Waals surface area contributed by atoms with Gasteiger partial charge in [0.1, 0.15) is 24.1 Å². The topological polar surface area (TPSA) is 143 Å². The van der Waals surface area contributed by atoms with Crippen LogP contribution < -0.4 is 25.8 Å². The third kappa shape index (κ3) is 6.85. The predicted molar refractivity (Wildman–Crippen MR) is 146 cm³/mol. The number of rotatable bonds is 9. The summed E-state index contributed by atoms with van der Waals surface area (Å²) in [4.78, 5) is 39.7. The van der Waals surface area contributed by atoms with E-state index < -0.39 is 18.0 Å². The molecule has 1 saturated heterocycles. The van der Waals surface area contributed by atoms with Gasteiger partial charge in [0.05, 0.1) is 18.7 Å². The zero-order chi connectivity index (χ0) is 27.9. The van der Waals surface area contributed by atoms with Crippen LogP contribution in [0.3, 0.4) is 0 Å². The number of aryl methyl sites for hydroxylation is 1. The maximum Gasteiger partial charge on any atom is 0.335 e. The Labute approximate surface area is 226 Å². The molecule has 10 heteroatoms.